The highest BCUT2D eigenvalue weighted by Gasteiger charge is 2.74. The highest BCUT2D eigenvalue weighted by Crippen LogP contribution is 2.63. The van der Waals surface area contributed by atoms with Crippen LogP contribution in [0, 0.1) is 11.3 Å². The number of hydrogen-bond donors (Lipinski definition) is 3. The number of aliphatic hydroxyl groups is 3. The van der Waals surface area contributed by atoms with Crippen molar-refractivity contribution >= 4 is 5.78 Å². The van der Waals surface area contributed by atoms with Gasteiger partial charge in [-0.1, -0.05) is 20.4 Å². The minimum atomic E-state index is -1.14. The quantitative estimate of drug-likeness (QED) is 0.487. The summed E-state index contributed by atoms with van der Waals surface area (Å²) in [6.45, 7) is 7.37. The number of hydrogen-bond acceptors (Lipinski definition) is 5. The molecule has 110 valence electrons. The number of fused-ring (bicyclic) bond motifs is 3. The van der Waals surface area contributed by atoms with Gasteiger partial charge < -0.3 is 20.1 Å². The Morgan fingerprint density at radius 1 is 1.55 bits per heavy atom. The van der Waals surface area contributed by atoms with Gasteiger partial charge >= 0.3 is 0 Å². The molecule has 3 N–H and O–H groups in total. The molecule has 0 unspecified atom stereocenters. The van der Waals surface area contributed by atoms with E-state index in [1.165, 1.54) is 6.08 Å². The topological polar surface area (TPSA) is 90.3 Å². The monoisotopic (exact) mass is 280 g/mol. The molecular weight excluding hydrogens is 260 g/mol. The lowest BCUT2D eigenvalue weighted by atomic mass is 9.56. The lowest BCUT2D eigenvalue weighted by molar-refractivity contribution is -0.119. The van der Waals surface area contributed by atoms with Crippen LogP contribution in [-0.2, 0) is 9.53 Å². The molecule has 3 rings (SSSR count). The fourth-order valence-corrected chi connectivity index (χ4v) is 3.89. The summed E-state index contributed by atoms with van der Waals surface area (Å²) in [4.78, 5) is 12.3. The zero-order valence-electron chi connectivity index (χ0n) is 11.7. The van der Waals surface area contributed by atoms with Crippen molar-refractivity contribution in [2.45, 2.75) is 44.2 Å². The molecule has 6 atom stereocenters. The Labute approximate surface area is 117 Å². The molecule has 0 aromatic rings. The molecule has 0 spiro atoms. The summed E-state index contributed by atoms with van der Waals surface area (Å²) in [5, 5.41) is 29.4. The molecule has 2 aliphatic carbocycles. The number of epoxide rings is 1. The standard InChI is InChI=1S/C15H20O5/c1-7-4-10(17)12(19)9-5-11(18)15(8(2)6-16)13(20-15)14(7,9)3/h5,7,10,12-13,16-17,19H,2,4,6H2,1,3H3/t7-,10-,12+,13-,14+,15-/m1/s1. The van der Waals surface area contributed by atoms with E-state index in [1.807, 2.05) is 13.8 Å². The minimum Gasteiger partial charge on any atom is -0.392 e. The molecule has 20 heavy (non-hydrogen) atoms. The van der Waals surface area contributed by atoms with Gasteiger partial charge in [-0.3, -0.25) is 4.79 Å². The van der Waals surface area contributed by atoms with Crippen LogP contribution < -0.4 is 0 Å². The maximum absolute atomic E-state index is 12.3. The fraction of sp³-hybridized carbons (Fsp3) is 0.667. The summed E-state index contributed by atoms with van der Waals surface area (Å²) in [6, 6.07) is 0. The van der Waals surface area contributed by atoms with Gasteiger partial charge in [0.2, 0.25) is 0 Å². The smallest absolute Gasteiger partial charge is 0.194 e. The Hall–Kier alpha value is -1.01. The van der Waals surface area contributed by atoms with E-state index in [9.17, 15) is 20.1 Å². The van der Waals surface area contributed by atoms with Crippen LogP contribution >= 0.6 is 0 Å². The average Bonchev–Trinajstić information content (AvgIpc) is 3.17. The van der Waals surface area contributed by atoms with Crippen LogP contribution in [0.3, 0.4) is 0 Å². The zero-order valence-corrected chi connectivity index (χ0v) is 11.7. The van der Waals surface area contributed by atoms with Gasteiger partial charge in [0, 0.05) is 5.41 Å². The first-order valence-corrected chi connectivity index (χ1v) is 6.89. The molecule has 1 heterocycles. The van der Waals surface area contributed by atoms with Gasteiger partial charge in [0.1, 0.15) is 12.2 Å². The van der Waals surface area contributed by atoms with E-state index < -0.39 is 29.3 Å². The van der Waals surface area contributed by atoms with Gasteiger partial charge in [0.15, 0.2) is 11.4 Å². The Morgan fingerprint density at radius 2 is 2.20 bits per heavy atom. The summed E-state index contributed by atoms with van der Waals surface area (Å²) in [6.07, 6.45) is -0.480. The second-order valence-corrected chi connectivity index (χ2v) is 6.39. The third-order valence-electron chi connectivity index (χ3n) is 5.45. The number of carbonyl (C=O) groups is 1. The molecule has 3 aliphatic rings. The molecule has 2 fully saturated rings. The van der Waals surface area contributed by atoms with Crippen molar-refractivity contribution in [3.8, 4) is 0 Å². The number of carbonyl (C=O) groups excluding carboxylic acids is 1. The Morgan fingerprint density at radius 3 is 2.80 bits per heavy atom. The molecule has 1 aliphatic heterocycles. The van der Waals surface area contributed by atoms with Gasteiger partial charge in [-0.15, -0.1) is 0 Å². The predicted molar refractivity (Wildman–Crippen MR) is 70.8 cm³/mol. The Kier molecular flexibility index (Phi) is 2.80. The van der Waals surface area contributed by atoms with Crippen LogP contribution in [0.25, 0.3) is 0 Å². The number of ketones is 1. The van der Waals surface area contributed by atoms with Crippen LogP contribution in [0.5, 0.6) is 0 Å². The SMILES string of the molecule is C=C(CO)[C@]12O[C@@H]1[C@]1(C)C(=CC2=O)[C@H](O)[C@H](O)C[C@H]1C. The second-order valence-electron chi connectivity index (χ2n) is 6.39. The van der Waals surface area contributed by atoms with Crippen molar-refractivity contribution < 1.29 is 24.9 Å². The third kappa shape index (κ3) is 1.39. The van der Waals surface area contributed by atoms with E-state index in [0.29, 0.717) is 17.6 Å². The summed E-state index contributed by atoms with van der Waals surface area (Å²) >= 11 is 0. The Balaban J connectivity index is 2.10. The number of aliphatic hydroxyl groups excluding tert-OH is 3. The summed E-state index contributed by atoms with van der Waals surface area (Å²) in [5.41, 5.74) is -0.761. The molecule has 1 saturated heterocycles. The summed E-state index contributed by atoms with van der Waals surface area (Å²) in [5.74, 6) is -0.243. The van der Waals surface area contributed by atoms with E-state index >= 15 is 0 Å². The first-order chi connectivity index (χ1) is 9.30. The predicted octanol–water partition coefficient (Wildman–Crippen LogP) is -0.0505. The lowest BCUT2D eigenvalue weighted by Crippen LogP contribution is -2.54. The minimum absolute atomic E-state index is 0.0543. The number of rotatable bonds is 2. The van der Waals surface area contributed by atoms with Gasteiger partial charge in [0.25, 0.3) is 0 Å². The van der Waals surface area contributed by atoms with Crippen LogP contribution in [0.1, 0.15) is 20.3 Å². The highest BCUT2D eigenvalue weighted by atomic mass is 16.6. The third-order valence-corrected chi connectivity index (χ3v) is 5.45. The lowest BCUT2D eigenvalue weighted by Gasteiger charge is -2.47. The van der Waals surface area contributed by atoms with E-state index in [4.69, 9.17) is 4.74 Å². The van der Waals surface area contributed by atoms with E-state index in [-0.39, 0.29) is 18.3 Å². The van der Waals surface area contributed by atoms with Crippen molar-refractivity contribution in [2.75, 3.05) is 6.61 Å². The first kappa shape index (κ1) is 13.9. The highest BCUT2D eigenvalue weighted by molar-refractivity contribution is 6.05. The molecule has 0 amide bonds. The molecule has 0 bridgehead atoms. The van der Waals surface area contributed by atoms with Crippen molar-refractivity contribution in [3.05, 3.63) is 23.8 Å². The fourth-order valence-electron chi connectivity index (χ4n) is 3.89. The average molecular weight is 280 g/mol. The Bertz CT molecular complexity index is 524. The molecule has 5 nitrogen and oxygen atoms in total. The van der Waals surface area contributed by atoms with E-state index in [1.54, 1.807) is 0 Å². The molecule has 5 heteroatoms. The van der Waals surface area contributed by atoms with E-state index in [2.05, 4.69) is 6.58 Å². The maximum Gasteiger partial charge on any atom is 0.194 e. The normalized spacial score (nSPS) is 50.0. The maximum atomic E-state index is 12.3. The zero-order chi connectivity index (χ0) is 14.9. The second kappa shape index (κ2) is 4.01. The first-order valence-electron chi connectivity index (χ1n) is 6.89. The van der Waals surface area contributed by atoms with Crippen molar-refractivity contribution in [3.63, 3.8) is 0 Å². The molecule has 0 aromatic carbocycles. The number of ether oxygens (including phenoxy) is 1. The van der Waals surface area contributed by atoms with Gasteiger partial charge in [0.05, 0.1) is 12.7 Å². The summed E-state index contributed by atoms with van der Waals surface area (Å²) in [7, 11) is 0. The molecule has 0 aromatic heterocycles. The largest absolute Gasteiger partial charge is 0.392 e. The van der Waals surface area contributed by atoms with Gasteiger partial charge in [-0.2, -0.15) is 0 Å². The van der Waals surface area contributed by atoms with Crippen LogP contribution in [0.15, 0.2) is 23.8 Å². The molecule has 1 saturated carbocycles. The molecule has 0 radical (unpaired) electrons. The van der Waals surface area contributed by atoms with Gasteiger partial charge in [-0.05, 0) is 29.6 Å². The van der Waals surface area contributed by atoms with Gasteiger partial charge in [-0.25, -0.2) is 0 Å². The van der Waals surface area contributed by atoms with Crippen molar-refractivity contribution in [1.29, 1.82) is 0 Å². The van der Waals surface area contributed by atoms with Crippen LogP contribution in [-0.4, -0.2) is 51.6 Å². The molecular formula is C15H20O5. The van der Waals surface area contributed by atoms with Crippen LogP contribution in [0.4, 0.5) is 0 Å². The van der Waals surface area contributed by atoms with Crippen molar-refractivity contribution in [2.24, 2.45) is 11.3 Å². The summed E-state index contributed by atoms with van der Waals surface area (Å²) < 4.78 is 5.70. The van der Waals surface area contributed by atoms with Crippen LogP contribution in [0.2, 0.25) is 0 Å². The van der Waals surface area contributed by atoms with Crippen molar-refractivity contribution in [1.82, 2.24) is 0 Å². The van der Waals surface area contributed by atoms with E-state index in [0.717, 1.165) is 0 Å².